The summed E-state index contributed by atoms with van der Waals surface area (Å²) in [5, 5.41) is 2.94. The van der Waals surface area contributed by atoms with E-state index in [2.05, 4.69) is 4.98 Å². The number of benzene rings is 1. The molecule has 7 heteroatoms. The van der Waals surface area contributed by atoms with Crippen LogP contribution in [0.25, 0.3) is 0 Å². The third-order valence-corrected chi connectivity index (χ3v) is 4.10. The lowest BCUT2D eigenvalue weighted by Crippen LogP contribution is -2.22. The number of rotatable bonds is 5. The zero-order valence-corrected chi connectivity index (χ0v) is 13.3. The van der Waals surface area contributed by atoms with Gasteiger partial charge < -0.3 is 14.2 Å². The molecule has 2 aromatic rings. The second-order valence-corrected chi connectivity index (χ2v) is 6.08. The molecule has 0 bridgehead atoms. The van der Waals surface area contributed by atoms with E-state index in [4.69, 9.17) is 14.2 Å². The van der Waals surface area contributed by atoms with Gasteiger partial charge in [0, 0.05) is 11.8 Å². The van der Waals surface area contributed by atoms with Gasteiger partial charge in [-0.3, -0.25) is 0 Å². The summed E-state index contributed by atoms with van der Waals surface area (Å²) >= 11 is 1.57. The first-order valence-electron chi connectivity index (χ1n) is 7.13. The van der Waals surface area contributed by atoms with E-state index in [1.807, 2.05) is 12.3 Å². The van der Waals surface area contributed by atoms with E-state index in [1.54, 1.807) is 35.6 Å². The smallest absolute Gasteiger partial charge is 0.347 e. The largest absolute Gasteiger partial charge is 0.487 e. The Bertz CT molecular complexity index is 710. The van der Waals surface area contributed by atoms with E-state index in [-0.39, 0.29) is 0 Å². The normalized spacial score (nSPS) is 16.9. The molecular weight excluding hydrogens is 318 g/mol. The fourth-order valence-electron chi connectivity index (χ4n) is 2.10. The van der Waals surface area contributed by atoms with Crippen molar-refractivity contribution in [3.8, 4) is 5.75 Å². The summed E-state index contributed by atoms with van der Waals surface area (Å²) < 4.78 is 15.5. The minimum absolute atomic E-state index is 0.291. The van der Waals surface area contributed by atoms with Gasteiger partial charge in [-0.25, -0.2) is 14.6 Å². The van der Waals surface area contributed by atoms with E-state index >= 15 is 0 Å². The van der Waals surface area contributed by atoms with Crippen LogP contribution in [0.5, 0.6) is 5.75 Å². The molecule has 0 aliphatic carbocycles. The Kier molecular flexibility index (Phi) is 4.57. The van der Waals surface area contributed by atoms with Crippen LogP contribution in [0.15, 0.2) is 29.6 Å². The maximum absolute atomic E-state index is 12.0. The number of nitrogens with zero attached hydrogens (tertiary/aromatic N) is 1. The minimum atomic E-state index is -0.800. The lowest BCUT2D eigenvalue weighted by atomic mass is 10.2. The Morgan fingerprint density at radius 3 is 2.78 bits per heavy atom. The lowest BCUT2D eigenvalue weighted by Gasteiger charge is -2.09. The average Bonchev–Trinajstić information content (AvgIpc) is 3.14. The van der Waals surface area contributed by atoms with Gasteiger partial charge in [0.2, 0.25) is 6.10 Å². The van der Waals surface area contributed by atoms with Crippen LogP contribution in [0.2, 0.25) is 0 Å². The van der Waals surface area contributed by atoms with Gasteiger partial charge in [0.05, 0.1) is 22.9 Å². The van der Waals surface area contributed by atoms with Crippen molar-refractivity contribution in [3.63, 3.8) is 0 Å². The zero-order valence-electron chi connectivity index (χ0n) is 12.5. The molecule has 1 fully saturated rings. The number of hydrogen-bond acceptors (Lipinski definition) is 7. The van der Waals surface area contributed by atoms with Gasteiger partial charge in [-0.2, -0.15) is 0 Å². The molecule has 1 atom stereocenters. The van der Waals surface area contributed by atoms with Crippen LogP contribution in [0.1, 0.15) is 27.5 Å². The number of carbonyl (C=O) groups is 2. The number of hydrogen-bond donors (Lipinski definition) is 0. The fourth-order valence-corrected chi connectivity index (χ4v) is 2.70. The first-order valence-corrected chi connectivity index (χ1v) is 8.01. The summed E-state index contributed by atoms with van der Waals surface area (Å²) in [6, 6.07) is 6.57. The fraction of sp³-hybridized carbons (Fsp3) is 0.312. The van der Waals surface area contributed by atoms with Crippen molar-refractivity contribution in [2.75, 3.05) is 6.61 Å². The number of aromatic nitrogens is 1. The number of carbonyl (C=O) groups excluding carboxylic acids is 2. The molecule has 1 aliphatic heterocycles. The molecule has 0 unspecified atom stereocenters. The Balaban J connectivity index is 1.55. The average molecular weight is 333 g/mol. The molecule has 23 heavy (non-hydrogen) atoms. The standard InChI is InChI=1S/C16H15NO5S/c1-10-17-12(9-23-10)8-21-13-4-2-11(3-5-13)15(18)22-14-6-7-20-16(14)19/h2-5,9,14H,6-8H2,1H3/t14-/m1/s1. The highest BCUT2D eigenvalue weighted by Crippen LogP contribution is 2.18. The molecule has 3 rings (SSSR count). The van der Waals surface area contributed by atoms with Gasteiger partial charge in [0.25, 0.3) is 0 Å². The molecule has 0 saturated carbocycles. The Morgan fingerprint density at radius 1 is 1.39 bits per heavy atom. The van der Waals surface area contributed by atoms with Crippen LogP contribution in [-0.4, -0.2) is 29.6 Å². The van der Waals surface area contributed by atoms with Gasteiger partial charge in [-0.1, -0.05) is 0 Å². The second kappa shape index (κ2) is 6.78. The third-order valence-electron chi connectivity index (χ3n) is 3.28. The number of cyclic esters (lactones) is 1. The number of esters is 2. The maximum Gasteiger partial charge on any atom is 0.347 e. The summed E-state index contributed by atoms with van der Waals surface area (Å²) in [6.45, 7) is 2.61. The van der Waals surface area contributed by atoms with E-state index in [0.29, 0.717) is 30.9 Å². The SMILES string of the molecule is Cc1nc(COc2ccc(C(=O)O[C@@H]3CCOC3=O)cc2)cs1. The Labute approximate surface area is 137 Å². The molecule has 6 nitrogen and oxygen atoms in total. The molecule has 0 radical (unpaired) electrons. The van der Waals surface area contributed by atoms with Gasteiger partial charge in [-0.05, 0) is 31.2 Å². The van der Waals surface area contributed by atoms with E-state index < -0.39 is 18.0 Å². The van der Waals surface area contributed by atoms with Crippen molar-refractivity contribution in [2.24, 2.45) is 0 Å². The van der Waals surface area contributed by atoms with E-state index in [0.717, 1.165) is 10.7 Å². The van der Waals surface area contributed by atoms with Gasteiger partial charge >= 0.3 is 11.9 Å². The summed E-state index contributed by atoms with van der Waals surface area (Å²) in [5.74, 6) is -0.403. The highest BCUT2D eigenvalue weighted by Gasteiger charge is 2.30. The highest BCUT2D eigenvalue weighted by atomic mass is 32.1. The third kappa shape index (κ3) is 3.87. The van der Waals surface area contributed by atoms with Crippen molar-refractivity contribution in [3.05, 3.63) is 45.9 Å². The lowest BCUT2D eigenvalue weighted by molar-refractivity contribution is -0.145. The van der Waals surface area contributed by atoms with Crippen LogP contribution >= 0.6 is 11.3 Å². The van der Waals surface area contributed by atoms with Crippen LogP contribution in [0.3, 0.4) is 0 Å². The number of thiazole rings is 1. The summed E-state index contributed by atoms with van der Waals surface area (Å²) in [7, 11) is 0. The molecular formula is C16H15NO5S. The molecule has 1 aromatic carbocycles. The number of ether oxygens (including phenoxy) is 3. The van der Waals surface area contributed by atoms with Crippen molar-refractivity contribution >= 4 is 23.3 Å². The summed E-state index contributed by atoms with van der Waals surface area (Å²) in [4.78, 5) is 27.6. The van der Waals surface area contributed by atoms with E-state index in [1.165, 1.54) is 0 Å². The zero-order chi connectivity index (χ0) is 16.2. The van der Waals surface area contributed by atoms with Crippen LogP contribution < -0.4 is 4.74 Å². The van der Waals surface area contributed by atoms with Crippen LogP contribution in [0, 0.1) is 6.92 Å². The monoisotopic (exact) mass is 333 g/mol. The topological polar surface area (TPSA) is 74.7 Å². The van der Waals surface area contributed by atoms with Crippen molar-refractivity contribution in [1.29, 1.82) is 0 Å². The van der Waals surface area contributed by atoms with Gasteiger partial charge in [0.15, 0.2) is 0 Å². The van der Waals surface area contributed by atoms with Crippen molar-refractivity contribution in [1.82, 2.24) is 4.98 Å². The highest BCUT2D eigenvalue weighted by molar-refractivity contribution is 7.09. The van der Waals surface area contributed by atoms with Crippen LogP contribution in [-0.2, 0) is 20.9 Å². The van der Waals surface area contributed by atoms with Crippen molar-refractivity contribution in [2.45, 2.75) is 26.1 Å². The molecule has 0 amide bonds. The molecule has 1 aliphatic rings. The van der Waals surface area contributed by atoms with Crippen LogP contribution in [0.4, 0.5) is 0 Å². The minimum Gasteiger partial charge on any atom is -0.487 e. The molecule has 2 heterocycles. The predicted molar refractivity (Wildman–Crippen MR) is 82.4 cm³/mol. The Hall–Kier alpha value is -2.41. The van der Waals surface area contributed by atoms with E-state index in [9.17, 15) is 9.59 Å². The maximum atomic E-state index is 12.0. The molecule has 1 saturated heterocycles. The molecule has 0 N–H and O–H groups in total. The quantitative estimate of drug-likeness (QED) is 0.783. The first kappa shape index (κ1) is 15.5. The second-order valence-electron chi connectivity index (χ2n) is 5.02. The molecule has 1 aromatic heterocycles. The predicted octanol–water partition coefficient (Wildman–Crippen LogP) is 2.50. The summed E-state index contributed by atoms with van der Waals surface area (Å²) in [5.41, 5.74) is 1.23. The van der Waals surface area contributed by atoms with Crippen molar-refractivity contribution < 1.29 is 23.8 Å². The summed E-state index contributed by atoms with van der Waals surface area (Å²) in [6.07, 6.45) is -0.398. The first-order chi connectivity index (χ1) is 11.1. The molecule has 0 spiro atoms. The van der Waals surface area contributed by atoms with Gasteiger partial charge in [0.1, 0.15) is 12.4 Å². The Morgan fingerprint density at radius 2 is 2.17 bits per heavy atom. The molecule has 120 valence electrons. The number of aryl methyl sites for hydroxylation is 1. The van der Waals surface area contributed by atoms with Gasteiger partial charge in [-0.15, -0.1) is 11.3 Å².